The molecule has 0 spiro atoms. The highest BCUT2D eigenvalue weighted by Crippen LogP contribution is 1.99. The molecule has 1 rings (SSSR count). The Morgan fingerprint density at radius 2 is 2.00 bits per heavy atom. The van der Waals surface area contributed by atoms with Gasteiger partial charge in [-0.25, -0.2) is 4.79 Å². The molecular weight excluding hydrogens is 143 g/mol. The monoisotopic (exact) mass is 144 g/mol. The Kier molecular flexibility index (Phi) is 1.29. The third-order valence-electron chi connectivity index (χ3n) is 0.849. The predicted molar refractivity (Wildman–Crippen MR) is 26.8 cm³/mol. The molecular formula is C4HFN2O3. The fourth-order valence-corrected chi connectivity index (χ4v) is 0.403. The summed E-state index contributed by atoms with van der Waals surface area (Å²) < 4.78 is 12.0. The minimum Gasteiger partial charge on any atom is -0.282 e. The van der Waals surface area contributed by atoms with Gasteiger partial charge in [0, 0.05) is 0 Å². The molecule has 52 valence electrons. The van der Waals surface area contributed by atoms with Gasteiger partial charge in [0.15, 0.2) is 0 Å². The molecule has 0 unspecified atom stereocenters. The standard InChI is InChI=1S/C4HFN2O3/c5-7-3(9)2(8)1-6-4(7)10/h1H. The van der Waals surface area contributed by atoms with Crippen LogP contribution < -0.4 is 0 Å². The van der Waals surface area contributed by atoms with E-state index in [1.54, 1.807) is 0 Å². The summed E-state index contributed by atoms with van der Waals surface area (Å²) in [5.74, 6) is -2.64. The molecule has 0 saturated heterocycles. The smallest absolute Gasteiger partial charge is 0.282 e. The summed E-state index contributed by atoms with van der Waals surface area (Å²) in [6.45, 7) is 0. The van der Waals surface area contributed by atoms with Crippen molar-refractivity contribution in [3.8, 4) is 0 Å². The molecule has 1 aliphatic rings. The second-order valence-corrected chi connectivity index (χ2v) is 1.49. The van der Waals surface area contributed by atoms with E-state index in [1.165, 1.54) is 0 Å². The van der Waals surface area contributed by atoms with Gasteiger partial charge in [-0.05, 0) is 0 Å². The number of urea groups is 1. The van der Waals surface area contributed by atoms with E-state index in [-0.39, 0.29) is 0 Å². The van der Waals surface area contributed by atoms with Crippen LogP contribution in [0.3, 0.4) is 0 Å². The van der Waals surface area contributed by atoms with Crippen LogP contribution in [0.15, 0.2) is 4.99 Å². The number of hydrogen-bond acceptors (Lipinski definition) is 3. The molecule has 0 atom stereocenters. The lowest BCUT2D eigenvalue weighted by atomic mass is 10.4. The van der Waals surface area contributed by atoms with E-state index >= 15 is 0 Å². The Balaban J connectivity index is 3.00. The third kappa shape index (κ3) is 0.790. The summed E-state index contributed by atoms with van der Waals surface area (Å²) in [5, 5.41) is -0.831. The highest BCUT2D eigenvalue weighted by atomic mass is 19.2. The largest absolute Gasteiger partial charge is 0.379 e. The van der Waals surface area contributed by atoms with E-state index in [0.29, 0.717) is 6.21 Å². The van der Waals surface area contributed by atoms with Gasteiger partial charge in [0.1, 0.15) is 0 Å². The number of Topliss-reactive ketones (excluding diaryl/α,β-unsaturated/α-hetero) is 1. The Bertz CT molecular complexity index is 247. The second kappa shape index (κ2) is 1.98. The molecule has 0 saturated carbocycles. The Morgan fingerprint density at radius 3 is 2.50 bits per heavy atom. The summed E-state index contributed by atoms with van der Waals surface area (Å²) in [6.07, 6.45) is 0.487. The normalized spacial score (nSPS) is 18.5. The molecule has 0 N–H and O–H groups in total. The van der Waals surface area contributed by atoms with E-state index in [1.807, 2.05) is 0 Å². The zero-order chi connectivity index (χ0) is 7.72. The van der Waals surface area contributed by atoms with Gasteiger partial charge in [-0.2, -0.15) is 4.99 Å². The van der Waals surface area contributed by atoms with Gasteiger partial charge >= 0.3 is 11.9 Å². The van der Waals surface area contributed by atoms with Gasteiger partial charge < -0.3 is 0 Å². The minimum absolute atomic E-state index is 0.487. The summed E-state index contributed by atoms with van der Waals surface area (Å²) in [7, 11) is 0. The molecule has 0 radical (unpaired) electrons. The molecule has 0 aromatic rings. The van der Waals surface area contributed by atoms with Crippen LogP contribution in [0.2, 0.25) is 0 Å². The maximum Gasteiger partial charge on any atom is 0.379 e. The number of aliphatic imine (C=N–C) groups is 1. The van der Waals surface area contributed by atoms with Crippen LogP contribution in [0.5, 0.6) is 0 Å². The number of amides is 3. The zero-order valence-electron chi connectivity index (χ0n) is 4.57. The SMILES string of the molecule is O=C1C=NC(=O)N(F)C1=O. The highest BCUT2D eigenvalue weighted by molar-refractivity contribution is 6.61. The first-order valence-electron chi connectivity index (χ1n) is 2.25. The maximum absolute atomic E-state index is 12.0. The Labute approximate surface area is 54.1 Å². The third-order valence-corrected chi connectivity index (χ3v) is 0.849. The first-order chi connectivity index (χ1) is 4.63. The van der Waals surface area contributed by atoms with Crippen LogP contribution in [0.25, 0.3) is 0 Å². The number of hydrogen-bond donors (Lipinski definition) is 0. The van der Waals surface area contributed by atoms with Crippen molar-refractivity contribution in [1.29, 1.82) is 0 Å². The Morgan fingerprint density at radius 1 is 1.40 bits per heavy atom. The van der Waals surface area contributed by atoms with Crippen LogP contribution in [0.1, 0.15) is 0 Å². The summed E-state index contributed by atoms with van der Waals surface area (Å²) >= 11 is 0. The van der Waals surface area contributed by atoms with E-state index in [4.69, 9.17) is 0 Å². The lowest BCUT2D eigenvalue weighted by molar-refractivity contribution is -0.147. The van der Waals surface area contributed by atoms with Gasteiger partial charge in [-0.1, -0.05) is 9.60 Å². The highest BCUT2D eigenvalue weighted by Gasteiger charge is 2.30. The van der Waals surface area contributed by atoms with Crippen molar-refractivity contribution in [2.45, 2.75) is 0 Å². The van der Waals surface area contributed by atoms with Crippen molar-refractivity contribution in [1.82, 2.24) is 5.12 Å². The van der Waals surface area contributed by atoms with Crippen LogP contribution in [-0.2, 0) is 9.59 Å². The second-order valence-electron chi connectivity index (χ2n) is 1.49. The summed E-state index contributed by atoms with van der Waals surface area (Å²) in [4.78, 5) is 33.3. The van der Waals surface area contributed by atoms with Crippen molar-refractivity contribution < 1.29 is 18.9 Å². The zero-order valence-corrected chi connectivity index (χ0v) is 4.57. The first-order valence-corrected chi connectivity index (χ1v) is 2.25. The van der Waals surface area contributed by atoms with Crippen LogP contribution in [0, 0.1) is 0 Å². The molecule has 3 amide bonds. The van der Waals surface area contributed by atoms with Gasteiger partial charge in [-0.3, -0.25) is 9.59 Å². The van der Waals surface area contributed by atoms with Crippen molar-refractivity contribution in [2.24, 2.45) is 4.99 Å². The van der Waals surface area contributed by atoms with Crippen molar-refractivity contribution in [2.75, 3.05) is 0 Å². The van der Waals surface area contributed by atoms with E-state index in [0.717, 1.165) is 0 Å². The maximum atomic E-state index is 12.0. The summed E-state index contributed by atoms with van der Waals surface area (Å²) in [5.41, 5.74) is 0. The average Bonchev–Trinajstić information content (AvgIpc) is 1.93. The fraction of sp³-hybridized carbons (Fsp3) is 0. The molecule has 10 heavy (non-hydrogen) atoms. The molecule has 1 heterocycles. The molecule has 0 aromatic carbocycles. The van der Waals surface area contributed by atoms with Gasteiger partial charge in [0.25, 0.3) is 5.78 Å². The first kappa shape index (κ1) is 6.53. The van der Waals surface area contributed by atoms with Gasteiger partial charge in [0.05, 0.1) is 6.21 Å². The number of carbonyl (C=O) groups excluding carboxylic acids is 3. The van der Waals surface area contributed by atoms with Crippen molar-refractivity contribution >= 4 is 23.9 Å². The topological polar surface area (TPSA) is 66.8 Å². The van der Waals surface area contributed by atoms with Crippen LogP contribution >= 0.6 is 0 Å². The predicted octanol–water partition coefficient (Wildman–Crippen LogP) is -0.527. The number of rotatable bonds is 0. The number of carbonyl (C=O) groups is 3. The average molecular weight is 144 g/mol. The van der Waals surface area contributed by atoms with Crippen LogP contribution in [0.4, 0.5) is 9.28 Å². The lowest BCUT2D eigenvalue weighted by Crippen LogP contribution is -2.38. The number of halogens is 1. The van der Waals surface area contributed by atoms with E-state index in [9.17, 15) is 18.9 Å². The molecule has 0 aromatic heterocycles. The molecule has 0 fully saturated rings. The van der Waals surface area contributed by atoms with Gasteiger partial charge in [0.2, 0.25) is 0 Å². The van der Waals surface area contributed by atoms with E-state index < -0.39 is 22.8 Å². The minimum atomic E-state index is -1.50. The molecule has 5 nitrogen and oxygen atoms in total. The number of imide groups is 1. The summed E-state index contributed by atoms with van der Waals surface area (Å²) in [6, 6.07) is -1.37. The number of ketones is 1. The quantitative estimate of drug-likeness (QED) is 0.339. The Hall–Kier alpha value is -1.59. The van der Waals surface area contributed by atoms with Crippen molar-refractivity contribution in [3.05, 3.63) is 0 Å². The number of nitrogens with zero attached hydrogens (tertiary/aromatic N) is 2. The lowest BCUT2D eigenvalue weighted by Gasteiger charge is -2.06. The molecule has 1 aliphatic heterocycles. The van der Waals surface area contributed by atoms with E-state index in [2.05, 4.69) is 4.99 Å². The van der Waals surface area contributed by atoms with Gasteiger partial charge in [-0.15, -0.1) is 0 Å². The van der Waals surface area contributed by atoms with Crippen molar-refractivity contribution in [3.63, 3.8) is 0 Å². The molecule has 0 aliphatic carbocycles. The van der Waals surface area contributed by atoms with Crippen LogP contribution in [-0.4, -0.2) is 29.1 Å². The molecule has 0 bridgehead atoms. The fourth-order valence-electron chi connectivity index (χ4n) is 0.403. The molecule has 6 heteroatoms.